The molecule has 6 nitrogen and oxygen atoms in total. The van der Waals surface area contributed by atoms with Crippen LogP contribution in [0.25, 0.3) is 0 Å². The highest BCUT2D eigenvalue weighted by atomic mass is 16.7. The van der Waals surface area contributed by atoms with Crippen LogP contribution >= 0.6 is 0 Å². The highest BCUT2D eigenvalue weighted by Gasteiger charge is 2.46. The van der Waals surface area contributed by atoms with E-state index in [1.54, 1.807) is 21.3 Å². The maximum Gasteiger partial charge on any atom is 0.186 e. The Morgan fingerprint density at radius 1 is 0.875 bits per heavy atom. The fourth-order valence-electron chi connectivity index (χ4n) is 2.02. The molecule has 1 aliphatic heterocycles. The molecule has 0 spiro atoms. The van der Waals surface area contributed by atoms with Crippen LogP contribution in [0.3, 0.4) is 0 Å². The molecule has 0 unspecified atom stereocenters. The van der Waals surface area contributed by atoms with Crippen LogP contribution < -0.4 is 0 Å². The van der Waals surface area contributed by atoms with E-state index in [1.165, 1.54) is 7.11 Å². The molecule has 1 aliphatic rings. The highest BCUT2D eigenvalue weighted by molar-refractivity contribution is 4.91. The second kappa shape index (κ2) is 6.48. The third-order valence-electron chi connectivity index (χ3n) is 2.82. The van der Waals surface area contributed by atoms with Crippen LogP contribution in [-0.4, -0.2) is 70.9 Å². The molecule has 0 bridgehead atoms. The third-order valence-corrected chi connectivity index (χ3v) is 2.82. The van der Waals surface area contributed by atoms with E-state index in [-0.39, 0.29) is 24.9 Å². The van der Waals surface area contributed by atoms with Crippen LogP contribution in [0, 0.1) is 0 Å². The molecule has 0 amide bonds. The molecule has 0 aromatic carbocycles. The average Bonchev–Trinajstić information content (AvgIpc) is 2.35. The molecule has 0 radical (unpaired) electrons. The van der Waals surface area contributed by atoms with Gasteiger partial charge < -0.3 is 28.8 Å². The van der Waals surface area contributed by atoms with Crippen molar-refractivity contribution in [2.75, 3.05) is 35.0 Å². The summed E-state index contributed by atoms with van der Waals surface area (Å²) in [4.78, 5) is 0. The molecule has 0 aliphatic carbocycles. The lowest BCUT2D eigenvalue weighted by atomic mass is 9.98. The molecule has 1 fully saturated rings. The zero-order valence-corrected chi connectivity index (χ0v) is 10.1. The Balaban J connectivity index is 2.85. The summed E-state index contributed by atoms with van der Waals surface area (Å²) in [6.45, 7) is -0.158. The predicted molar refractivity (Wildman–Crippen MR) is 55.1 cm³/mol. The molecular weight excluding hydrogens is 216 g/mol. The molecule has 1 rings (SSSR count). The average molecular weight is 236 g/mol. The summed E-state index contributed by atoms with van der Waals surface area (Å²) in [5, 5.41) is 9.22. The van der Waals surface area contributed by atoms with Crippen molar-refractivity contribution >= 4 is 0 Å². The van der Waals surface area contributed by atoms with Gasteiger partial charge in [0.05, 0.1) is 6.61 Å². The molecule has 16 heavy (non-hydrogen) atoms. The monoisotopic (exact) mass is 236 g/mol. The molecular formula is C10H20O6. The molecule has 1 N–H and O–H groups in total. The van der Waals surface area contributed by atoms with Crippen molar-refractivity contribution in [1.29, 1.82) is 0 Å². The largest absolute Gasteiger partial charge is 0.394 e. The number of rotatable bonds is 5. The normalized spacial score (nSPS) is 39.9. The Morgan fingerprint density at radius 2 is 1.44 bits per heavy atom. The van der Waals surface area contributed by atoms with Crippen molar-refractivity contribution < 1.29 is 28.8 Å². The smallest absolute Gasteiger partial charge is 0.186 e. The van der Waals surface area contributed by atoms with Gasteiger partial charge in [-0.15, -0.1) is 0 Å². The summed E-state index contributed by atoms with van der Waals surface area (Å²) in [6.07, 6.45) is -2.16. The van der Waals surface area contributed by atoms with Gasteiger partial charge in [-0.1, -0.05) is 0 Å². The zero-order chi connectivity index (χ0) is 12.1. The lowest BCUT2D eigenvalue weighted by Crippen LogP contribution is -2.60. The van der Waals surface area contributed by atoms with E-state index in [9.17, 15) is 5.11 Å². The third kappa shape index (κ3) is 2.53. The maximum atomic E-state index is 9.22. The first-order chi connectivity index (χ1) is 7.73. The van der Waals surface area contributed by atoms with Gasteiger partial charge in [-0.05, 0) is 0 Å². The van der Waals surface area contributed by atoms with Crippen molar-refractivity contribution in [2.24, 2.45) is 0 Å². The van der Waals surface area contributed by atoms with Crippen molar-refractivity contribution in [3.05, 3.63) is 0 Å². The van der Waals surface area contributed by atoms with E-state index in [0.717, 1.165) is 0 Å². The summed E-state index contributed by atoms with van der Waals surface area (Å²) in [5.41, 5.74) is 0. The predicted octanol–water partition coefficient (Wildman–Crippen LogP) is -0.605. The van der Waals surface area contributed by atoms with E-state index in [4.69, 9.17) is 23.7 Å². The van der Waals surface area contributed by atoms with Gasteiger partial charge in [-0.3, -0.25) is 0 Å². The lowest BCUT2D eigenvalue weighted by Gasteiger charge is -2.43. The van der Waals surface area contributed by atoms with E-state index in [0.29, 0.717) is 0 Å². The molecule has 0 saturated carbocycles. The van der Waals surface area contributed by atoms with Gasteiger partial charge in [-0.2, -0.15) is 0 Å². The minimum absolute atomic E-state index is 0.158. The first kappa shape index (κ1) is 13.8. The van der Waals surface area contributed by atoms with Crippen LogP contribution in [0.15, 0.2) is 0 Å². The van der Waals surface area contributed by atoms with Gasteiger partial charge in [0.1, 0.15) is 24.4 Å². The molecule has 96 valence electrons. The second-order valence-electron chi connectivity index (χ2n) is 3.56. The summed E-state index contributed by atoms with van der Waals surface area (Å²) >= 11 is 0. The number of ether oxygens (including phenoxy) is 5. The highest BCUT2D eigenvalue weighted by Crippen LogP contribution is 2.27. The van der Waals surface area contributed by atoms with Gasteiger partial charge in [0, 0.05) is 28.4 Å². The summed E-state index contributed by atoms with van der Waals surface area (Å²) in [5.74, 6) is 0. The summed E-state index contributed by atoms with van der Waals surface area (Å²) < 4.78 is 26.6. The summed E-state index contributed by atoms with van der Waals surface area (Å²) in [6, 6.07) is 0. The Morgan fingerprint density at radius 3 is 1.81 bits per heavy atom. The van der Waals surface area contributed by atoms with Crippen molar-refractivity contribution in [2.45, 2.75) is 30.7 Å². The molecule has 0 aromatic heterocycles. The fourth-order valence-corrected chi connectivity index (χ4v) is 2.02. The number of aliphatic hydroxyl groups is 1. The second-order valence-corrected chi connectivity index (χ2v) is 3.56. The van der Waals surface area contributed by atoms with E-state index in [1.807, 2.05) is 0 Å². The first-order valence-corrected chi connectivity index (χ1v) is 5.11. The van der Waals surface area contributed by atoms with Gasteiger partial charge in [0.15, 0.2) is 6.29 Å². The Labute approximate surface area is 95.4 Å². The van der Waals surface area contributed by atoms with Crippen LogP contribution in [-0.2, 0) is 23.7 Å². The minimum atomic E-state index is -0.571. The van der Waals surface area contributed by atoms with Crippen molar-refractivity contribution in [3.8, 4) is 0 Å². The SMILES string of the molecule is CO[C@H]1O[C@H](CO)[C@H](OC)[C@H](OC)[C@H]1OC. The van der Waals surface area contributed by atoms with Gasteiger partial charge in [-0.25, -0.2) is 0 Å². The van der Waals surface area contributed by atoms with Crippen molar-refractivity contribution in [1.82, 2.24) is 0 Å². The molecule has 0 aromatic rings. The number of aliphatic hydroxyl groups excluding tert-OH is 1. The van der Waals surface area contributed by atoms with Gasteiger partial charge >= 0.3 is 0 Å². The van der Waals surface area contributed by atoms with Gasteiger partial charge in [0.2, 0.25) is 0 Å². The molecule has 1 saturated heterocycles. The lowest BCUT2D eigenvalue weighted by molar-refractivity contribution is -0.306. The standard InChI is InChI=1S/C10H20O6/c1-12-7-6(5-11)16-10(15-4)9(14-3)8(7)13-2/h6-11H,5H2,1-4H3/t6-,7+,8+,9-,10+/m1/s1. The minimum Gasteiger partial charge on any atom is -0.394 e. The van der Waals surface area contributed by atoms with Crippen LogP contribution in [0.4, 0.5) is 0 Å². The van der Waals surface area contributed by atoms with Crippen LogP contribution in [0.1, 0.15) is 0 Å². The topological polar surface area (TPSA) is 66.4 Å². The van der Waals surface area contributed by atoms with E-state index >= 15 is 0 Å². The van der Waals surface area contributed by atoms with Crippen molar-refractivity contribution in [3.63, 3.8) is 0 Å². The number of methoxy groups -OCH3 is 4. The van der Waals surface area contributed by atoms with Gasteiger partial charge in [0.25, 0.3) is 0 Å². The number of hydrogen-bond acceptors (Lipinski definition) is 6. The zero-order valence-electron chi connectivity index (χ0n) is 10.1. The Hall–Kier alpha value is -0.240. The van der Waals surface area contributed by atoms with E-state index < -0.39 is 12.4 Å². The maximum absolute atomic E-state index is 9.22. The van der Waals surface area contributed by atoms with Crippen LogP contribution in [0.2, 0.25) is 0 Å². The molecule has 6 heteroatoms. The molecule has 5 atom stereocenters. The van der Waals surface area contributed by atoms with E-state index in [2.05, 4.69) is 0 Å². The Kier molecular flexibility index (Phi) is 5.60. The van der Waals surface area contributed by atoms with Crippen LogP contribution in [0.5, 0.6) is 0 Å². The molecule has 1 heterocycles. The fraction of sp³-hybridized carbons (Fsp3) is 1.00. The first-order valence-electron chi connectivity index (χ1n) is 5.11. The number of hydrogen-bond donors (Lipinski definition) is 1. The summed E-state index contributed by atoms with van der Waals surface area (Å²) in [7, 11) is 6.18. The quantitative estimate of drug-likeness (QED) is 0.687. The Bertz CT molecular complexity index is 182.